The summed E-state index contributed by atoms with van der Waals surface area (Å²) in [7, 11) is 3.47. The SMILES string of the molecule is CCOc1cc(CCCNC(=NC)NCCc2c[nH]c3ccccc23)ccc1OC.I. The highest BCUT2D eigenvalue weighted by atomic mass is 127. The molecule has 0 amide bonds. The van der Waals surface area contributed by atoms with Crippen LogP contribution in [-0.2, 0) is 12.8 Å². The molecule has 0 saturated heterocycles. The molecule has 0 aliphatic rings. The van der Waals surface area contributed by atoms with Crippen LogP contribution in [0.4, 0.5) is 0 Å². The predicted molar refractivity (Wildman–Crippen MR) is 139 cm³/mol. The normalized spacial score (nSPS) is 11.1. The van der Waals surface area contributed by atoms with E-state index < -0.39 is 0 Å². The van der Waals surface area contributed by atoms with Crippen LogP contribution in [-0.4, -0.2) is 44.8 Å². The Kier molecular flexibility index (Phi) is 10.5. The number of aryl methyl sites for hydroxylation is 1. The summed E-state index contributed by atoms with van der Waals surface area (Å²) in [6, 6.07) is 14.5. The maximum Gasteiger partial charge on any atom is 0.190 e. The summed E-state index contributed by atoms with van der Waals surface area (Å²) in [4.78, 5) is 7.65. The zero-order chi connectivity index (χ0) is 21.2. The lowest BCUT2D eigenvalue weighted by molar-refractivity contribution is 0.310. The number of aromatic nitrogens is 1. The van der Waals surface area contributed by atoms with E-state index in [9.17, 15) is 0 Å². The van der Waals surface area contributed by atoms with Gasteiger partial charge in [-0.1, -0.05) is 24.3 Å². The van der Waals surface area contributed by atoms with Crippen LogP contribution >= 0.6 is 24.0 Å². The number of nitrogens with one attached hydrogen (secondary N) is 3. The van der Waals surface area contributed by atoms with Crippen LogP contribution in [0.2, 0.25) is 0 Å². The second-order valence-electron chi connectivity index (χ2n) is 7.06. The molecule has 168 valence electrons. The van der Waals surface area contributed by atoms with Crippen LogP contribution in [0.1, 0.15) is 24.5 Å². The minimum atomic E-state index is 0. The van der Waals surface area contributed by atoms with Crippen molar-refractivity contribution in [3.05, 3.63) is 59.8 Å². The first-order valence-corrected chi connectivity index (χ1v) is 10.5. The molecule has 2 aromatic carbocycles. The van der Waals surface area contributed by atoms with Gasteiger partial charge in [-0.2, -0.15) is 0 Å². The van der Waals surface area contributed by atoms with Crippen molar-refractivity contribution < 1.29 is 9.47 Å². The lowest BCUT2D eigenvalue weighted by Crippen LogP contribution is -2.38. The van der Waals surface area contributed by atoms with Crippen molar-refractivity contribution in [3.63, 3.8) is 0 Å². The van der Waals surface area contributed by atoms with Crippen LogP contribution in [0.3, 0.4) is 0 Å². The average molecular weight is 536 g/mol. The topological polar surface area (TPSA) is 70.7 Å². The average Bonchev–Trinajstić information content (AvgIpc) is 3.19. The summed E-state index contributed by atoms with van der Waals surface area (Å²) in [5, 5.41) is 8.08. The van der Waals surface area contributed by atoms with Crippen molar-refractivity contribution in [2.24, 2.45) is 4.99 Å². The highest BCUT2D eigenvalue weighted by Crippen LogP contribution is 2.28. The number of hydrogen-bond donors (Lipinski definition) is 3. The molecule has 6 nitrogen and oxygen atoms in total. The number of halogens is 1. The summed E-state index contributed by atoms with van der Waals surface area (Å²) >= 11 is 0. The first-order chi connectivity index (χ1) is 14.7. The second kappa shape index (κ2) is 13.1. The fraction of sp³-hybridized carbons (Fsp3) is 0.375. The van der Waals surface area contributed by atoms with Gasteiger partial charge in [0, 0.05) is 37.2 Å². The van der Waals surface area contributed by atoms with Gasteiger partial charge in [0.1, 0.15) is 0 Å². The molecule has 0 saturated carbocycles. The van der Waals surface area contributed by atoms with Crippen LogP contribution in [0.5, 0.6) is 11.5 Å². The van der Waals surface area contributed by atoms with Gasteiger partial charge in [-0.15, -0.1) is 24.0 Å². The summed E-state index contributed by atoms with van der Waals surface area (Å²) in [5.41, 5.74) is 3.74. The van der Waals surface area contributed by atoms with Crippen molar-refractivity contribution in [1.82, 2.24) is 15.6 Å². The third-order valence-corrected chi connectivity index (χ3v) is 5.05. The zero-order valence-corrected chi connectivity index (χ0v) is 20.9. The molecule has 7 heteroatoms. The number of ether oxygens (including phenoxy) is 2. The molecule has 3 rings (SSSR count). The van der Waals surface area contributed by atoms with Crippen LogP contribution in [0.15, 0.2) is 53.7 Å². The molecular formula is C24H33IN4O2. The molecule has 3 N–H and O–H groups in total. The van der Waals surface area contributed by atoms with E-state index in [-0.39, 0.29) is 24.0 Å². The van der Waals surface area contributed by atoms with Gasteiger partial charge in [-0.25, -0.2) is 0 Å². The molecule has 1 aromatic heterocycles. The van der Waals surface area contributed by atoms with Gasteiger partial charge < -0.3 is 25.1 Å². The van der Waals surface area contributed by atoms with E-state index in [4.69, 9.17) is 9.47 Å². The maximum atomic E-state index is 5.66. The van der Waals surface area contributed by atoms with Crippen LogP contribution in [0.25, 0.3) is 10.9 Å². The minimum Gasteiger partial charge on any atom is -0.493 e. The number of hydrogen-bond acceptors (Lipinski definition) is 3. The molecule has 0 radical (unpaired) electrons. The van der Waals surface area contributed by atoms with Gasteiger partial charge >= 0.3 is 0 Å². The summed E-state index contributed by atoms with van der Waals surface area (Å²) in [6.07, 6.45) is 5.00. The van der Waals surface area contributed by atoms with Gasteiger partial charge in [0.2, 0.25) is 0 Å². The van der Waals surface area contributed by atoms with E-state index in [0.29, 0.717) is 6.61 Å². The van der Waals surface area contributed by atoms with Crippen molar-refractivity contribution in [2.45, 2.75) is 26.2 Å². The highest BCUT2D eigenvalue weighted by molar-refractivity contribution is 14.0. The largest absolute Gasteiger partial charge is 0.493 e. The summed E-state index contributed by atoms with van der Waals surface area (Å²) in [6.45, 7) is 4.29. The molecule has 1 heterocycles. The first-order valence-electron chi connectivity index (χ1n) is 10.5. The Morgan fingerprint density at radius 2 is 1.84 bits per heavy atom. The second-order valence-corrected chi connectivity index (χ2v) is 7.06. The number of rotatable bonds is 10. The van der Waals surface area contributed by atoms with Gasteiger partial charge in [-0.3, -0.25) is 4.99 Å². The quantitative estimate of drug-likeness (QED) is 0.154. The lowest BCUT2D eigenvalue weighted by Gasteiger charge is -2.13. The number of methoxy groups -OCH3 is 1. The Labute approximate surface area is 201 Å². The molecule has 0 fully saturated rings. The molecule has 0 aliphatic carbocycles. The van der Waals surface area contributed by atoms with E-state index in [0.717, 1.165) is 49.8 Å². The third kappa shape index (κ3) is 7.05. The van der Waals surface area contributed by atoms with Gasteiger partial charge in [0.15, 0.2) is 17.5 Å². The van der Waals surface area contributed by atoms with Crippen molar-refractivity contribution in [2.75, 3.05) is 33.9 Å². The number of benzene rings is 2. The van der Waals surface area contributed by atoms with Gasteiger partial charge in [-0.05, 0) is 55.5 Å². The molecule has 0 bridgehead atoms. The Balaban J connectivity index is 0.00000341. The number of H-pyrrole nitrogens is 1. The summed E-state index contributed by atoms with van der Waals surface area (Å²) in [5.74, 6) is 2.42. The zero-order valence-electron chi connectivity index (χ0n) is 18.5. The minimum absolute atomic E-state index is 0. The number of nitrogens with zero attached hydrogens (tertiary/aromatic N) is 1. The van der Waals surface area contributed by atoms with Gasteiger partial charge in [0.25, 0.3) is 0 Å². The maximum absolute atomic E-state index is 5.66. The smallest absolute Gasteiger partial charge is 0.190 e. The van der Waals surface area contributed by atoms with E-state index >= 15 is 0 Å². The number of guanidine groups is 1. The molecule has 0 aliphatic heterocycles. The Bertz CT molecular complexity index is 971. The fourth-order valence-corrected chi connectivity index (χ4v) is 3.52. The molecule has 0 spiro atoms. The first kappa shape index (κ1) is 24.8. The molecular weight excluding hydrogens is 503 g/mol. The number of para-hydroxylation sites is 1. The standard InChI is InChI=1S/C24H32N4O2.HI/c1-4-30-23-16-18(11-12-22(23)29-3)8-7-14-26-24(25-2)27-15-13-19-17-28-21-10-6-5-9-20(19)21;/h5-6,9-12,16-17,28H,4,7-8,13-15H2,1-3H3,(H2,25,26,27);1H. The predicted octanol–water partition coefficient (Wildman–Crippen LogP) is 4.53. The van der Waals surface area contributed by atoms with Crippen molar-refractivity contribution in [3.8, 4) is 11.5 Å². The van der Waals surface area contributed by atoms with E-state index in [1.807, 2.05) is 13.0 Å². The number of aliphatic imine (C=N–C) groups is 1. The lowest BCUT2D eigenvalue weighted by atomic mass is 10.1. The Hall–Kier alpha value is -2.42. The van der Waals surface area contributed by atoms with E-state index in [2.05, 4.69) is 63.2 Å². The fourth-order valence-electron chi connectivity index (χ4n) is 3.52. The monoisotopic (exact) mass is 536 g/mol. The highest BCUT2D eigenvalue weighted by Gasteiger charge is 2.06. The van der Waals surface area contributed by atoms with E-state index in [1.54, 1.807) is 14.2 Å². The van der Waals surface area contributed by atoms with E-state index in [1.165, 1.54) is 22.0 Å². The van der Waals surface area contributed by atoms with Crippen LogP contribution < -0.4 is 20.1 Å². The van der Waals surface area contributed by atoms with Crippen molar-refractivity contribution >= 4 is 40.8 Å². The number of aromatic amines is 1. The molecule has 0 atom stereocenters. The molecule has 0 unspecified atom stereocenters. The Morgan fingerprint density at radius 3 is 2.61 bits per heavy atom. The third-order valence-electron chi connectivity index (χ3n) is 5.05. The van der Waals surface area contributed by atoms with Crippen molar-refractivity contribution in [1.29, 1.82) is 0 Å². The molecule has 31 heavy (non-hydrogen) atoms. The molecule has 3 aromatic rings. The summed E-state index contributed by atoms with van der Waals surface area (Å²) < 4.78 is 11.0. The Morgan fingerprint density at radius 1 is 1.03 bits per heavy atom. The van der Waals surface area contributed by atoms with Gasteiger partial charge in [0.05, 0.1) is 13.7 Å². The van der Waals surface area contributed by atoms with Crippen LogP contribution in [0, 0.1) is 0 Å². The number of fused-ring (bicyclic) bond motifs is 1.